The molecule has 12 heteroatoms. The summed E-state index contributed by atoms with van der Waals surface area (Å²) in [5.41, 5.74) is 0.0653. The van der Waals surface area contributed by atoms with Gasteiger partial charge in [0.15, 0.2) is 5.84 Å². The van der Waals surface area contributed by atoms with Crippen LogP contribution in [0.2, 0.25) is 0 Å². The van der Waals surface area contributed by atoms with Gasteiger partial charge in [-0.15, -0.1) is 0 Å². The fourth-order valence-electron chi connectivity index (χ4n) is 4.06. The number of amidine groups is 2. The molecule has 2 aliphatic rings. The van der Waals surface area contributed by atoms with Gasteiger partial charge in [0, 0.05) is 23.8 Å². The number of fused-ring (bicyclic) bond motifs is 1. The Morgan fingerprint density at radius 1 is 1.07 bits per heavy atom. The van der Waals surface area contributed by atoms with Crippen LogP contribution in [0.3, 0.4) is 0 Å². The number of amides is 1. The van der Waals surface area contributed by atoms with Gasteiger partial charge in [0.25, 0.3) is 11.6 Å². The van der Waals surface area contributed by atoms with E-state index >= 15 is 0 Å². The molecule has 0 aromatic heterocycles. The predicted octanol–water partition coefficient (Wildman–Crippen LogP) is 6.04. The van der Waals surface area contributed by atoms with Crippen LogP contribution >= 0.6 is 11.8 Å². The molecule has 0 fully saturated rings. The third-order valence-electron chi connectivity index (χ3n) is 6.15. The first kappa shape index (κ1) is 28.8. The molecule has 0 radical (unpaired) electrons. The number of aliphatic imine (C=N–C) groups is 1. The first-order valence-electron chi connectivity index (χ1n) is 13.1. The zero-order valence-corrected chi connectivity index (χ0v) is 23.2. The van der Waals surface area contributed by atoms with Crippen molar-refractivity contribution in [3.63, 3.8) is 0 Å². The predicted molar refractivity (Wildman–Crippen MR) is 155 cm³/mol. The first-order valence-corrected chi connectivity index (χ1v) is 13.9. The Bertz CT molecular complexity index is 1370. The molecule has 2 aromatic rings. The lowest BCUT2D eigenvalue weighted by atomic mass is 10.1. The second kappa shape index (κ2) is 13.7. The first-order chi connectivity index (χ1) is 19.4. The number of hydrogen-bond acceptors (Lipinski definition) is 9. The molecule has 0 bridgehead atoms. The number of benzene rings is 2. The second-order valence-corrected chi connectivity index (χ2v) is 10.1. The van der Waals surface area contributed by atoms with E-state index in [1.165, 1.54) is 60.3 Å². The van der Waals surface area contributed by atoms with E-state index in [1.54, 1.807) is 31.4 Å². The number of unbranched alkanes of at least 4 members (excludes halogenated alkanes) is 4. The number of hydrogen-bond donors (Lipinski definition) is 1. The SMILES string of the molecule is CCCCCCCC1=NN2C(=N)/C(=C\c3cc([N+](=O)[O-])ccc3OCCOc3cccc(OC)c3)C(=O)N=C2S1. The van der Waals surface area contributed by atoms with Gasteiger partial charge in [-0.1, -0.05) is 38.7 Å². The van der Waals surface area contributed by atoms with Gasteiger partial charge in [-0.05, 0) is 48.9 Å². The van der Waals surface area contributed by atoms with Crippen LogP contribution in [0.4, 0.5) is 5.69 Å². The minimum atomic E-state index is -0.609. The van der Waals surface area contributed by atoms with Crippen molar-refractivity contribution in [2.45, 2.75) is 45.4 Å². The number of nitrogens with one attached hydrogen (secondary N) is 1. The van der Waals surface area contributed by atoms with Crippen LogP contribution in [0, 0.1) is 15.5 Å². The van der Waals surface area contributed by atoms with Gasteiger partial charge in [-0.2, -0.15) is 15.1 Å². The van der Waals surface area contributed by atoms with Crippen molar-refractivity contribution in [2.24, 2.45) is 10.1 Å². The molecule has 1 amide bonds. The van der Waals surface area contributed by atoms with Crippen molar-refractivity contribution in [1.29, 1.82) is 5.41 Å². The Kier molecular flexibility index (Phi) is 9.90. The topological polar surface area (TPSA) is 140 Å². The largest absolute Gasteiger partial charge is 0.497 e. The summed E-state index contributed by atoms with van der Waals surface area (Å²) in [6.07, 6.45) is 7.76. The molecule has 40 heavy (non-hydrogen) atoms. The summed E-state index contributed by atoms with van der Waals surface area (Å²) in [5.74, 6) is 0.820. The maximum atomic E-state index is 12.9. The molecule has 0 saturated carbocycles. The Morgan fingerprint density at radius 2 is 1.85 bits per heavy atom. The number of carbonyl (C=O) groups excluding carboxylic acids is 1. The number of nitro benzene ring substituents is 1. The summed E-state index contributed by atoms with van der Waals surface area (Å²) in [4.78, 5) is 27.9. The van der Waals surface area contributed by atoms with Gasteiger partial charge in [0.05, 0.1) is 17.6 Å². The second-order valence-electron chi connectivity index (χ2n) is 9.03. The Balaban J connectivity index is 1.48. The highest BCUT2D eigenvalue weighted by molar-refractivity contribution is 8.26. The number of nitro groups is 1. The van der Waals surface area contributed by atoms with E-state index in [0.29, 0.717) is 22.4 Å². The minimum Gasteiger partial charge on any atom is -0.497 e. The highest BCUT2D eigenvalue weighted by Crippen LogP contribution is 2.32. The maximum absolute atomic E-state index is 12.9. The maximum Gasteiger partial charge on any atom is 0.283 e. The van der Waals surface area contributed by atoms with Crippen molar-refractivity contribution in [1.82, 2.24) is 5.01 Å². The van der Waals surface area contributed by atoms with Crippen LogP contribution < -0.4 is 14.2 Å². The van der Waals surface area contributed by atoms with Crippen molar-refractivity contribution in [3.05, 3.63) is 63.7 Å². The summed E-state index contributed by atoms with van der Waals surface area (Å²) >= 11 is 1.30. The normalized spacial score (nSPS) is 15.6. The van der Waals surface area contributed by atoms with Gasteiger partial charge in [-0.25, -0.2) is 0 Å². The molecule has 0 atom stereocenters. The van der Waals surface area contributed by atoms with Gasteiger partial charge in [0.2, 0.25) is 5.17 Å². The fourth-order valence-corrected chi connectivity index (χ4v) is 4.99. The monoisotopic (exact) mass is 565 g/mol. The highest BCUT2D eigenvalue weighted by atomic mass is 32.2. The van der Waals surface area contributed by atoms with Crippen molar-refractivity contribution < 1.29 is 23.9 Å². The average molecular weight is 566 g/mol. The lowest BCUT2D eigenvalue weighted by Crippen LogP contribution is -2.35. The third-order valence-corrected chi connectivity index (χ3v) is 7.11. The number of ether oxygens (including phenoxy) is 3. The zero-order valence-electron chi connectivity index (χ0n) is 22.4. The number of carbonyl (C=O) groups is 1. The van der Waals surface area contributed by atoms with Crippen LogP contribution in [0.15, 0.2) is 58.1 Å². The molecule has 210 valence electrons. The van der Waals surface area contributed by atoms with Gasteiger partial charge in [-0.3, -0.25) is 20.3 Å². The molecule has 0 aliphatic carbocycles. The molecule has 2 aromatic carbocycles. The Labute approximate surface area is 236 Å². The quantitative estimate of drug-likeness (QED) is 0.127. The van der Waals surface area contributed by atoms with Gasteiger partial charge >= 0.3 is 0 Å². The van der Waals surface area contributed by atoms with E-state index < -0.39 is 10.8 Å². The molecule has 1 N–H and O–H groups in total. The molecule has 0 saturated heterocycles. The van der Waals surface area contributed by atoms with E-state index in [2.05, 4.69) is 17.0 Å². The number of nitrogens with zero attached hydrogens (tertiary/aromatic N) is 4. The number of non-ortho nitro benzene ring substituents is 1. The number of methoxy groups -OCH3 is 1. The van der Waals surface area contributed by atoms with Crippen LogP contribution in [-0.2, 0) is 4.79 Å². The van der Waals surface area contributed by atoms with E-state index in [-0.39, 0.29) is 35.9 Å². The molecule has 11 nitrogen and oxygen atoms in total. The average Bonchev–Trinajstić information content (AvgIpc) is 3.36. The van der Waals surface area contributed by atoms with Crippen molar-refractivity contribution >= 4 is 45.5 Å². The third kappa shape index (κ3) is 7.26. The van der Waals surface area contributed by atoms with Crippen LogP contribution in [0.5, 0.6) is 17.2 Å². The molecule has 0 unspecified atom stereocenters. The Morgan fingerprint density at radius 3 is 2.62 bits per heavy atom. The van der Waals surface area contributed by atoms with E-state index in [0.717, 1.165) is 24.3 Å². The number of rotatable bonds is 14. The van der Waals surface area contributed by atoms with Gasteiger partial charge in [0.1, 0.15) is 35.5 Å². The molecular formula is C28H31N5O6S. The van der Waals surface area contributed by atoms with Crippen LogP contribution in [0.1, 0.15) is 51.0 Å². The van der Waals surface area contributed by atoms with Gasteiger partial charge < -0.3 is 14.2 Å². The molecule has 4 rings (SSSR count). The van der Waals surface area contributed by atoms with E-state index in [1.807, 2.05) is 0 Å². The fraction of sp³-hybridized carbons (Fsp3) is 0.357. The minimum absolute atomic E-state index is 0.0322. The van der Waals surface area contributed by atoms with Crippen molar-refractivity contribution in [3.8, 4) is 17.2 Å². The molecule has 2 heterocycles. The number of thioether (sulfide) groups is 1. The number of hydrazone groups is 1. The van der Waals surface area contributed by atoms with Crippen LogP contribution in [0.25, 0.3) is 6.08 Å². The summed E-state index contributed by atoms with van der Waals surface area (Å²) in [6, 6.07) is 11.2. The van der Waals surface area contributed by atoms with E-state index in [4.69, 9.17) is 19.6 Å². The summed E-state index contributed by atoms with van der Waals surface area (Å²) < 4.78 is 16.7. The zero-order chi connectivity index (χ0) is 28.5. The van der Waals surface area contributed by atoms with Crippen LogP contribution in [-0.4, -0.2) is 52.2 Å². The lowest BCUT2D eigenvalue weighted by Gasteiger charge is -2.20. The van der Waals surface area contributed by atoms with Crippen molar-refractivity contribution in [2.75, 3.05) is 20.3 Å². The summed E-state index contributed by atoms with van der Waals surface area (Å²) in [5, 5.41) is 27.1. The Hall–Kier alpha value is -4.19. The molecule has 0 spiro atoms. The van der Waals surface area contributed by atoms with E-state index in [9.17, 15) is 14.9 Å². The summed E-state index contributed by atoms with van der Waals surface area (Å²) in [6.45, 7) is 2.50. The molecule has 2 aliphatic heterocycles. The standard InChI is InChI=1S/C28H31N5O6S/c1-3-4-5-6-7-11-25-31-32-26(29)23(27(34)30-28(32)40-25)17-19-16-20(33(35)36)12-13-24(19)39-15-14-38-22-10-8-9-21(18-22)37-2/h8-10,12-13,16-18,29H,3-7,11,14-15H2,1-2H3/b23-17+,29-26?. The lowest BCUT2D eigenvalue weighted by molar-refractivity contribution is -0.384. The highest BCUT2D eigenvalue weighted by Gasteiger charge is 2.35. The smallest absolute Gasteiger partial charge is 0.283 e. The molecular weight excluding hydrogens is 534 g/mol. The summed E-state index contributed by atoms with van der Waals surface area (Å²) in [7, 11) is 1.57.